The van der Waals surface area contributed by atoms with Crippen molar-refractivity contribution in [3.05, 3.63) is 71.8 Å². The van der Waals surface area contributed by atoms with Gasteiger partial charge in [-0.25, -0.2) is 0 Å². The van der Waals surface area contributed by atoms with Crippen LogP contribution in [0.2, 0.25) is 0 Å². The zero-order valence-corrected chi connectivity index (χ0v) is 18.8. The maximum absolute atomic E-state index is 13.1. The van der Waals surface area contributed by atoms with Crippen LogP contribution < -0.4 is 10.6 Å². The number of nitrogens with one attached hydrogen (secondary N) is 2. The number of amides is 2. The molecule has 1 heterocycles. The van der Waals surface area contributed by atoms with Gasteiger partial charge < -0.3 is 15.5 Å². The zero-order chi connectivity index (χ0) is 22.2. The van der Waals surface area contributed by atoms with E-state index in [0.29, 0.717) is 23.9 Å². The maximum atomic E-state index is 13.1. The van der Waals surface area contributed by atoms with Gasteiger partial charge in [-0.2, -0.15) is 0 Å². The highest BCUT2D eigenvalue weighted by Gasteiger charge is 2.37. The SMILES string of the molecule is O=C(N[C@@H](CCCCN[C@@H]1C[C@H]1c1ccccc1)C(=O)N1CCCCC1)c1ccccc1. The number of rotatable bonds is 10. The Kier molecular flexibility index (Phi) is 7.94. The molecule has 0 radical (unpaired) electrons. The van der Waals surface area contributed by atoms with Gasteiger partial charge >= 0.3 is 0 Å². The first kappa shape index (κ1) is 22.5. The molecule has 0 unspecified atom stereocenters. The molecule has 2 aliphatic rings. The summed E-state index contributed by atoms with van der Waals surface area (Å²) >= 11 is 0. The van der Waals surface area contributed by atoms with Crippen molar-refractivity contribution in [1.82, 2.24) is 15.5 Å². The number of carbonyl (C=O) groups is 2. The largest absolute Gasteiger partial charge is 0.341 e. The molecule has 1 saturated heterocycles. The van der Waals surface area contributed by atoms with E-state index in [4.69, 9.17) is 0 Å². The minimum absolute atomic E-state index is 0.0771. The van der Waals surface area contributed by atoms with E-state index in [1.165, 1.54) is 18.4 Å². The lowest BCUT2D eigenvalue weighted by Gasteiger charge is -2.31. The number of benzene rings is 2. The lowest BCUT2D eigenvalue weighted by molar-refractivity contribution is -0.134. The molecule has 0 spiro atoms. The standard InChI is InChI=1S/C27H35N3O2/c31-26(22-14-6-2-7-15-22)29-24(27(32)30-18-10-3-11-19-30)16-8-9-17-28-25-20-23(25)21-12-4-1-5-13-21/h1-2,4-7,12-15,23-25,28H,3,8-11,16-20H2,(H,29,31)/t23-,24-,25+/m0/s1. The summed E-state index contributed by atoms with van der Waals surface area (Å²) in [7, 11) is 0. The maximum Gasteiger partial charge on any atom is 0.251 e. The minimum Gasteiger partial charge on any atom is -0.341 e. The third-order valence-electron chi connectivity index (χ3n) is 6.65. The van der Waals surface area contributed by atoms with E-state index in [-0.39, 0.29) is 11.8 Å². The quantitative estimate of drug-likeness (QED) is 0.554. The molecule has 2 aromatic carbocycles. The summed E-state index contributed by atoms with van der Waals surface area (Å²) in [5.41, 5.74) is 2.02. The fourth-order valence-corrected chi connectivity index (χ4v) is 4.67. The molecule has 1 aliphatic carbocycles. The number of hydrogen-bond acceptors (Lipinski definition) is 3. The summed E-state index contributed by atoms with van der Waals surface area (Å²) in [5, 5.41) is 6.68. The molecule has 1 saturated carbocycles. The minimum atomic E-state index is -0.446. The highest BCUT2D eigenvalue weighted by Crippen LogP contribution is 2.40. The molecule has 2 amide bonds. The van der Waals surface area contributed by atoms with Crippen LogP contribution >= 0.6 is 0 Å². The normalized spacial score (nSPS) is 21.1. The number of likely N-dealkylation sites (tertiary alicyclic amines) is 1. The van der Waals surface area contributed by atoms with Crippen LogP contribution in [0.5, 0.6) is 0 Å². The van der Waals surface area contributed by atoms with Crippen LogP contribution in [-0.4, -0.2) is 48.4 Å². The summed E-state index contributed by atoms with van der Waals surface area (Å²) in [6.45, 7) is 2.56. The first-order valence-electron chi connectivity index (χ1n) is 12.2. The fourth-order valence-electron chi connectivity index (χ4n) is 4.67. The third-order valence-corrected chi connectivity index (χ3v) is 6.65. The lowest BCUT2D eigenvalue weighted by atomic mass is 10.0. The van der Waals surface area contributed by atoms with Gasteiger partial charge in [-0.05, 0) is 69.2 Å². The third kappa shape index (κ3) is 6.19. The Balaban J connectivity index is 1.24. The molecule has 2 N–H and O–H groups in total. The van der Waals surface area contributed by atoms with E-state index >= 15 is 0 Å². The Morgan fingerprint density at radius 2 is 1.59 bits per heavy atom. The van der Waals surface area contributed by atoms with Gasteiger partial charge in [-0.3, -0.25) is 9.59 Å². The molecule has 5 heteroatoms. The van der Waals surface area contributed by atoms with Crippen molar-refractivity contribution in [2.24, 2.45) is 0 Å². The lowest BCUT2D eigenvalue weighted by Crippen LogP contribution is -2.50. The van der Waals surface area contributed by atoms with Crippen molar-refractivity contribution in [2.45, 2.75) is 62.9 Å². The molecule has 1 aliphatic heterocycles. The van der Waals surface area contributed by atoms with Gasteiger partial charge in [-0.15, -0.1) is 0 Å². The Labute approximate surface area is 191 Å². The molecule has 2 fully saturated rings. The molecular formula is C27H35N3O2. The Hall–Kier alpha value is -2.66. The van der Waals surface area contributed by atoms with Gasteiger partial charge in [0.1, 0.15) is 6.04 Å². The smallest absolute Gasteiger partial charge is 0.251 e. The van der Waals surface area contributed by atoms with E-state index < -0.39 is 6.04 Å². The fraction of sp³-hybridized carbons (Fsp3) is 0.481. The summed E-state index contributed by atoms with van der Waals surface area (Å²) < 4.78 is 0. The van der Waals surface area contributed by atoms with Crippen molar-refractivity contribution in [3.8, 4) is 0 Å². The molecule has 3 atom stereocenters. The van der Waals surface area contributed by atoms with E-state index in [1.807, 2.05) is 23.1 Å². The van der Waals surface area contributed by atoms with E-state index in [0.717, 1.165) is 45.3 Å². The topological polar surface area (TPSA) is 61.4 Å². The number of hydrogen-bond donors (Lipinski definition) is 2. The van der Waals surface area contributed by atoms with Gasteiger partial charge in [0.15, 0.2) is 0 Å². The molecule has 0 bridgehead atoms. The van der Waals surface area contributed by atoms with Crippen molar-refractivity contribution < 1.29 is 9.59 Å². The zero-order valence-electron chi connectivity index (χ0n) is 18.8. The second-order valence-electron chi connectivity index (χ2n) is 9.09. The van der Waals surface area contributed by atoms with Crippen molar-refractivity contribution in [3.63, 3.8) is 0 Å². The highest BCUT2D eigenvalue weighted by molar-refractivity contribution is 5.97. The number of nitrogens with zero attached hydrogens (tertiary/aromatic N) is 1. The number of unbranched alkanes of at least 4 members (excludes halogenated alkanes) is 1. The molecule has 2 aromatic rings. The van der Waals surface area contributed by atoms with E-state index in [9.17, 15) is 9.59 Å². The van der Waals surface area contributed by atoms with Gasteiger partial charge in [0.25, 0.3) is 5.91 Å². The first-order valence-corrected chi connectivity index (χ1v) is 12.2. The molecule has 0 aromatic heterocycles. The van der Waals surface area contributed by atoms with E-state index in [1.54, 1.807) is 12.1 Å². The van der Waals surface area contributed by atoms with Crippen molar-refractivity contribution >= 4 is 11.8 Å². The van der Waals surface area contributed by atoms with Crippen LogP contribution in [-0.2, 0) is 4.79 Å². The monoisotopic (exact) mass is 433 g/mol. The van der Waals surface area contributed by atoms with Crippen LogP contribution in [0.4, 0.5) is 0 Å². The highest BCUT2D eigenvalue weighted by atomic mass is 16.2. The van der Waals surface area contributed by atoms with Gasteiger partial charge in [0, 0.05) is 30.6 Å². The predicted molar refractivity (Wildman–Crippen MR) is 128 cm³/mol. The first-order chi connectivity index (χ1) is 15.7. The summed E-state index contributed by atoms with van der Waals surface area (Å²) in [4.78, 5) is 27.8. The van der Waals surface area contributed by atoms with Gasteiger partial charge in [-0.1, -0.05) is 48.5 Å². The average molecular weight is 434 g/mol. The van der Waals surface area contributed by atoms with Crippen LogP contribution in [0.1, 0.15) is 66.8 Å². The van der Waals surface area contributed by atoms with Crippen molar-refractivity contribution in [1.29, 1.82) is 0 Å². The molecule has 5 nitrogen and oxygen atoms in total. The molecular weight excluding hydrogens is 398 g/mol. The number of piperidine rings is 1. The van der Waals surface area contributed by atoms with Crippen LogP contribution in [0.3, 0.4) is 0 Å². The molecule has 4 rings (SSSR count). The Morgan fingerprint density at radius 1 is 0.906 bits per heavy atom. The Morgan fingerprint density at radius 3 is 2.31 bits per heavy atom. The van der Waals surface area contributed by atoms with Crippen LogP contribution in [0.15, 0.2) is 60.7 Å². The van der Waals surface area contributed by atoms with E-state index in [2.05, 4.69) is 41.0 Å². The predicted octanol–water partition coefficient (Wildman–Crippen LogP) is 4.11. The van der Waals surface area contributed by atoms with Crippen molar-refractivity contribution in [2.75, 3.05) is 19.6 Å². The average Bonchev–Trinajstić information content (AvgIpc) is 3.64. The number of carbonyl (C=O) groups excluding carboxylic acids is 2. The van der Waals surface area contributed by atoms with Gasteiger partial charge in [0.05, 0.1) is 0 Å². The Bertz CT molecular complexity index is 865. The second kappa shape index (κ2) is 11.3. The summed E-state index contributed by atoms with van der Waals surface area (Å²) in [5.74, 6) is 0.547. The van der Waals surface area contributed by atoms with Gasteiger partial charge in [0.2, 0.25) is 5.91 Å². The van der Waals surface area contributed by atoms with Crippen LogP contribution in [0.25, 0.3) is 0 Å². The molecule has 170 valence electrons. The second-order valence-corrected chi connectivity index (χ2v) is 9.09. The summed E-state index contributed by atoms with van der Waals surface area (Å²) in [6, 6.07) is 20.0. The summed E-state index contributed by atoms with van der Waals surface area (Å²) in [6.07, 6.45) is 7.09. The van der Waals surface area contributed by atoms with Crippen LogP contribution in [0, 0.1) is 0 Å². The molecule has 32 heavy (non-hydrogen) atoms.